The van der Waals surface area contributed by atoms with Crippen molar-refractivity contribution in [3.8, 4) is 23.0 Å². The van der Waals surface area contributed by atoms with Crippen LogP contribution in [0.4, 0.5) is 10.1 Å². The summed E-state index contributed by atoms with van der Waals surface area (Å²) in [7, 11) is 0. The third kappa shape index (κ3) is 5.23. The average Bonchev–Trinajstić information content (AvgIpc) is 2.86. The van der Waals surface area contributed by atoms with Crippen LogP contribution in [0.5, 0.6) is 11.6 Å². The summed E-state index contributed by atoms with van der Waals surface area (Å²) >= 11 is 0. The Morgan fingerprint density at radius 2 is 1.91 bits per heavy atom. The minimum Gasteiger partial charge on any atom is -0.435 e. The van der Waals surface area contributed by atoms with Crippen LogP contribution in [0.2, 0.25) is 0 Å². The number of rotatable bonds is 7. The van der Waals surface area contributed by atoms with Gasteiger partial charge in [-0.25, -0.2) is 24.3 Å². The number of ether oxygens (including phenoxy) is 1. The Hall–Kier alpha value is -4.20. The van der Waals surface area contributed by atoms with E-state index in [0.29, 0.717) is 40.8 Å². The van der Waals surface area contributed by atoms with Gasteiger partial charge in [-0.05, 0) is 47.9 Å². The SMILES string of the molecule is CCc1ncnc(-c2cccnc2Oc2cc(NC(=O)c3cccc(C(C)C)c3)ccc2F)n1. The van der Waals surface area contributed by atoms with Crippen LogP contribution < -0.4 is 10.1 Å². The lowest BCUT2D eigenvalue weighted by molar-refractivity contribution is 0.102. The normalized spacial score (nSPS) is 10.9. The van der Waals surface area contributed by atoms with Crippen LogP contribution in [0, 0.1) is 5.82 Å². The molecule has 172 valence electrons. The third-order valence-corrected chi connectivity index (χ3v) is 5.16. The van der Waals surface area contributed by atoms with Crippen molar-refractivity contribution in [3.05, 3.63) is 89.9 Å². The zero-order chi connectivity index (χ0) is 24.1. The Morgan fingerprint density at radius 3 is 2.71 bits per heavy atom. The summed E-state index contributed by atoms with van der Waals surface area (Å²) in [5, 5.41) is 2.80. The zero-order valence-electron chi connectivity index (χ0n) is 19.1. The molecule has 0 atom stereocenters. The number of benzene rings is 2. The topological polar surface area (TPSA) is 89.9 Å². The number of anilines is 1. The Labute approximate surface area is 197 Å². The van der Waals surface area contributed by atoms with E-state index in [0.717, 1.165) is 5.56 Å². The number of aromatic nitrogens is 4. The van der Waals surface area contributed by atoms with Gasteiger partial charge in [0.1, 0.15) is 12.2 Å². The minimum absolute atomic E-state index is 0.0848. The molecule has 7 nitrogen and oxygen atoms in total. The first-order chi connectivity index (χ1) is 16.4. The van der Waals surface area contributed by atoms with Gasteiger partial charge >= 0.3 is 0 Å². The lowest BCUT2D eigenvalue weighted by Gasteiger charge is -2.12. The number of hydrogen-bond acceptors (Lipinski definition) is 6. The van der Waals surface area contributed by atoms with Crippen molar-refractivity contribution in [1.29, 1.82) is 0 Å². The number of nitrogens with one attached hydrogen (secondary N) is 1. The van der Waals surface area contributed by atoms with Gasteiger partial charge in [0, 0.05) is 29.9 Å². The molecule has 4 rings (SSSR count). The fourth-order valence-electron chi connectivity index (χ4n) is 3.28. The maximum absolute atomic E-state index is 14.6. The molecule has 0 aliphatic rings. The number of nitrogens with zero attached hydrogens (tertiary/aromatic N) is 4. The summed E-state index contributed by atoms with van der Waals surface area (Å²) in [5.74, 6) is 0.462. The van der Waals surface area contributed by atoms with E-state index >= 15 is 0 Å². The van der Waals surface area contributed by atoms with Gasteiger partial charge in [0.25, 0.3) is 5.91 Å². The molecule has 4 aromatic rings. The van der Waals surface area contributed by atoms with Gasteiger partial charge in [-0.15, -0.1) is 0 Å². The first kappa shape index (κ1) is 23.0. The van der Waals surface area contributed by atoms with Gasteiger partial charge in [0.15, 0.2) is 17.4 Å². The summed E-state index contributed by atoms with van der Waals surface area (Å²) in [6, 6.07) is 15.0. The Morgan fingerprint density at radius 1 is 1.06 bits per heavy atom. The Kier molecular flexibility index (Phi) is 6.87. The van der Waals surface area contributed by atoms with E-state index in [2.05, 4.69) is 39.1 Å². The second-order valence-electron chi connectivity index (χ2n) is 7.92. The van der Waals surface area contributed by atoms with Gasteiger partial charge in [-0.1, -0.05) is 32.9 Å². The van der Waals surface area contributed by atoms with Crippen molar-refractivity contribution < 1.29 is 13.9 Å². The molecular weight excluding hydrogens is 433 g/mol. The molecule has 0 aliphatic heterocycles. The van der Waals surface area contributed by atoms with Crippen molar-refractivity contribution in [3.63, 3.8) is 0 Å². The molecular formula is C26H24FN5O2. The maximum Gasteiger partial charge on any atom is 0.255 e. The number of aryl methyl sites for hydroxylation is 1. The van der Waals surface area contributed by atoms with E-state index in [1.54, 1.807) is 18.2 Å². The van der Waals surface area contributed by atoms with Crippen LogP contribution in [-0.4, -0.2) is 25.8 Å². The van der Waals surface area contributed by atoms with Gasteiger partial charge in [0.2, 0.25) is 5.88 Å². The Bertz CT molecular complexity index is 1330. The zero-order valence-corrected chi connectivity index (χ0v) is 19.1. The van der Waals surface area contributed by atoms with Crippen molar-refractivity contribution in [1.82, 2.24) is 19.9 Å². The standard InChI is InChI=1S/C26H24FN5O2/c1-4-23-29-15-30-24(32-23)20-9-6-12-28-26(20)34-22-14-19(10-11-21(22)27)31-25(33)18-8-5-7-17(13-18)16(2)3/h5-16H,4H2,1-3H3,(H,31,33). The summed E-state index contributed by atoms with van der Waals surface area (Å²) in [5.41, 5.74) is 2.47. The molecule has 0 fully saturated rings. The second-order valence-corrected chi connectivity index (χ2v) is 7.92. The second kappa shape index (κ2) is 10.2. The highest BCUT2D eigenvalue weighted by molar-refractivity contribution is 6.04. The van der Waals surface area contributed by atoms with Crippen LogP contribution in [0.15, 0.2) is 67.1 Å². The van der Waals surface area contributed by atoms with Gasteiger partial charge in [-0.2, -0.15) is 0 Å². The third-order valence-electron chi connectivity index (χ3n) is 5.16. The van der Waals surface area contributed by atoms with E-state index in [1.165, 1.54) is 30.7 Å². The lowest BCUT2D eigenvalue weighted by Crippen LogP contribution is -2.12. The molecule has 0 bridgehead atoms. The molecule has 0 spiro atoms. The molecule has 0 aliphatic carbocycles. The van der Waals surface area contributed by atoms with Crippen LogP contribution >= 0.6 is 0 Å². The highest BCUT2D eigenvalue weighted by Crippen LogP contribution is 2.32. The molecule has 1 N–H and O–H groups in total. The molecule has 0 unspecified atom stereocenters. The fourth-order valence-corrected chi connectivity index (χ4v) is 3.28. The van der Waals surface area contributed by atoms with Gasteiger partial charge in [-0.3, -0.25) is 4.79 Å². The maximum atomic E-state index is 14.6. The van der Waals surface area contributed by atoms with E-state index in [1.807, 2.05) is 25.1 Å². The lowest BCUT2D eigenvalue weighted by atomic mass is 10.0. The molecule has 34 heavy (non-hydrogen) atoms. The number of halogens is 1. The average molecular weight is 458 g/mol. The predicted molar refractivity (Wildman–Crippen MR) is 127 cm³/mol. The molecule has 0 radical (unpaired) electrons. The number of carbonyl (C=O) groups excluding carboxylic acids is 1. The smallest absolute Gasteiger partial charge is 0.255 e. The van der Waals surface area contributed by atoms with Crippen LogP contribution in [0.25, 0.3) is 11.4 Å². The van der Waals surface area contributed by atoms with Crippen molar-refractivity contribution in [2.24, 2.45) is 0 Å². The van der Waals surface area contributed by atoms with E-state index in [9.17, 15) is 9.18 Å². The Balaban J connectivity index is 1.59. The highest BCUT2D eigenvalue weighted by Gasteiger charge is 2.16. The summed E-state index contributed by atoms with van der Waals surface area (Å²) in [6.45, 7) is 6.06. The number of amides is 1. The van der Waals surface area contributed by atoms with E-state index < -0.39 is 5.82 Å². The molecule has 2 aromatic carbocycles. The molecule has 1 amide bonds. The highest BCUT2D eigenvalue weighted by atomic mass is 19.1. The quantitative estimate of drug-likeness (QED) is 0.377. The molecule has 0 saturated heterocycles. The van der Waals surface area contributed by atoms with Crippen molar-refractivity contribution >= 4 is 11.6 Å². The number of carbonyl (C=O) groups is 1. The predicted octanol–water partition coefficient (Wildman–Crippen LogP) is 5.80. The van der Waals surface area contributed by atoms with Crippen LogP contribution in [-0.2, 0) is 6.42 Å². The summed E-state index contributed by atoms with van der Waals surface area (Å²) in [6.07, 6.45) is 3.59. The molecule has 2 heterocycles. The van der Waals surface area contributed by atoms with E-state index in [-0.39, 0.29) is 17.5 Å². The van der Waals surface area contributed by atoms with Crippen molar-refractivity contribution in [2.75, 3.05) is 5.32 Å². The van der Waals surface area contributed by atoms with Crippen molar-refractivity contribution in [2.45, 2.75) is 33.1 Å². The van der Waals surface area contributed by atoms with E-state index in [4.69, 9.17) is 4.74 Å². The monoisotopic (exact) mass is 457 g/mol. The minimum atomic E-state index is -0.596. The van der Waals surface area contributed by atoms with Crippen LogP contribution in [0.1, 0.15) is 48.4 Å². The fraction of sp³-hybridized carbons (Fsp3) is 0.192. The first-order valence-corrected chi connectivity index (χ1v) is 11.0. The van der Waals surface area contributed by atoms with Crippen LogP contribution in [0.3, 0.4) is 0 Å². The molecule has 2 aromatic heterocycles. The van der Waals surface area contributed by atoms with Gasteiger partial charge in [0.05, 0.1) is 5.56 Å². The number of hydrogen-bond donors (Lipinski definition) is 1. The van der Waals surface area contributed by atoms with Gasteiger partial charge < -0.3 is 10.1 Å². The molecule has 8 heteroatoms. The summed E-state index contributed by atoms with van der Waals surface area (Å²) in [4.78, 5) is 29.7. The molecule has 0 saturated carbocycles. The largest absolute Gasteiger partial charge is 0.435 e. The first-order valence-electron chi connectivity index (χ1n) is 11.0. The summed E-state index contributed by atoms with van der Waals surface area (Å²) < 4.78 is 20.4. The number of pyridine rings is 1.